The van der Waals surface area contributed by atoms with Gasteiger partial charge in [-0.15, -0.1) is 0 Å². The molecule has 2 aromatic rings. The standard InChI is InChI=1S/C16H19ClN2O2/c1-9-7-13(11(3)21-9)10(2)19-16(20)14-8-12(17)5-6-15(14)18-4/h5-8,10,18H,1-4H3,(H,19,20). The molecule has 21 heavy (non-hydrogen) atoms. The third-order valence-corrected chi connectivity index (χ3v) is 3.62. The molecule has 1 amide bonds. The van der Waals surface area contributed by atoms with Crippen LogP contribution >= 0.6 is 11.6 Å². The molecule has 1 heterocycles. The van der Waals surface area contributed by atoms with Gasteiger partial charge in [-0.2, -0.15) is 0 Å². The number of benzene rings is 1. The van der Waals surface area contributed by atoms with E-state index in [1.807, 2.05) is 26.8 Å². The molecule has 0 aliphatic carbocycles. The van der Waals surface area contributed by atoms with Crippen molar-refractivity contribution in [2.24, 2.45) is 0 Å². The zero-order chi connectivity index (χ0) is 15.6. The lowest BCUT2D eigenvalue weighted by molar-refractivity contribution is 0.0940. The second kappa shape index (κ2) is 6.22. The summed E-state index contributed by atoms with van der Waals surface area (Å²) in [7, 11) is 1.77. The SMILES string of the molecule is CNc1ccc(Cl)cc1C(=O)NC(C)c1cc(C)oc1C. The predicted molar refractivity (Wildman–Crippen MR) is 85.1 cm³/mol. The van der Waals surface area contributed by atoms with Crippen molar-refractivity contribution >= 4 is 23.2 Å². The Morgan fingerprint density at radius 2 is 2.00 bits per heavy atom. The van der Waals surface area contributed by atoms with E-state index in [0.717, 1.165) is 22.8 Å². The number of amides is 1. The van der Waals surface area contributed by atoms with Crippen molar-refractivity contribution in [1.29, 1.82) is 0 Å². The normalized spacial score (nSPS) is 12.0. The Morgan fingerprint density at radius 3 is 2.57 bits per heavy atom. The van der Waals surface area contributed by atoms with E-state index in [4.69, 9.17) is 16.0 Å². The molecule has 1 unspecified atom stereocenters. The Bertz CT molecular complexity index is 664. The average Bonchev–Trinajstić information content (AvgIpc) is 2.77. The molecule has 2 N–H and O–H groups in total. The summed E-state index contributed by atoms with van der Waals surface area (Å²) in [4.78, 5) is 12.4. The van der Waals surface area contributed by atoms with Gasteiger partial charge in [0.15, 0.2) is 0 Å². The van der Waals surface area contributed by atoms with Crippen LogP contribution < -0.4 is 10.6 Å². The number of hydrogen-bond acceptors (Lipinski definition) is 3. The fourth-order valence-corrected chi connectivity index (χ4v) is 2.53. The Morgan fingerprint density at radius 1 is 1.29 bits per heavy atom. The molecule has 0 saturated heterocycles. The summed E-state index contributed by atoms with van der Waals surface area (Å²) in [5.41, 5.74) is 2.24. The number of carbonyl (C=O) groups excluding carboxylic acids is 1. The molecule has 0 spiro atoms. The summed E-state index contributed by atoms with van der Waals surface area (Å²) in [5.74, 6) is 1.48. The Labute approximate surface area is 129 Å². The second-order valence-electron chi connectivity index (χ2n) is 5.00. The first-order valence-electron chi connectivity index (χ1n) is 6.77. The Kier molecular flexibility index (Phi) is 4.58. The zero-order valence-electron chi connectivity index (χ0n) is 12.6. The molecule has 0 bridgehead atoms. The summed E-state index contributed by atoms with van der Waals surface area (Å²) in [6.45, 7) is 5.71. The molecule has 1 aromatic heterocycles. The highest BCUT2D eigenvalue weighted by Crippen LogP contribution is 2.24. The molecule has 4 nitrogen and oxygen atoms in total. The number of hydrogen-bond donors (Lipinski definition) is 2. The number of anilines is 1. The number of carbonyl (C=O) groups is 1. The highest BCUT2D eigenvalue weighted by Gasteiger charge is 2.18. The van der Waals surface area contributed by atoms with Crippen molar-refractivity contribution in [1.82, 2.24) is 5.32 Å². The molecule has 5 heteroatoms. The third-order valence-electron chi connectivity index (χ3n) is 3.39. The van der Waals surface area contributed by atoms with E-state index in [-0.39, 0.29) is 11.9 Å². The first kappa shape index (κ1) is 15.4. The Balaban J connectivity index is 2.22. The fraction of sp³-hybridized carbons (Fsp3) is 0.312. The molecular weight excluding hydrogens is 288 g/mol. The van der Waals surface area contributed by atoms with Gasteiger partial charge < -0.3 is 15.1 Å². The molecule has 1 atom stereocenters. The first-order valence-corrected chi connectivity index (χ1v) is 7.15. The van der Waals surface area contributed by atoms with E-state index in [2.05, 4.69) is 10.6 Å². The molecule has 112 valence electrons. The number of halogens is 1. The molecule has 0 fully saturated rings. The van der Waals surface area contributed by atoms with E-state index in [9.17, 15) is 4.79 Å². The van der Waals surface area contributed by atoms with E-state index >= 15 is 0 Å². The lowest BCUT2D eigenvalue weighted by Gasteiger charge is -2.15. The topological polar surface area (TPSA) is 54.3 Å². The van der Waals surface area contributed by atoms with Gasteiger partial charge in [0.1, 0.15) is 11.5 Å². The monoisotopic (exact) mass is 306 g/mol. The highest BCUT2D eigenvalue weighted by molar-refractivity contribution is 6.31. The molecule has 2 rings (SSSR count). The van der Waals surface area contributed by atoms with Crippen molar-refractivity contribution in [2.75, 3.05) is 12.4 Å². The second-order valence-corrected chi connectivity index (χ2v) is 5.44. The smallest absolute Gasteiger partial charge is 0.253 e. The van der Waals surface area contributed by atoms with Gasteiger partial charge in [-0.25, -0.2) is 0 Å². The minimum atomic E-state index is -0.174. The van der Waals surface area contributed by atoms with Gasteiger partial charge in [-0.1, -0.05) is 11.6 Å². The van der Waals surface area contributed by atoms with Crippen LogP contribution in [0.3, 0.4) is 0 Å². The lowest BCUT2D eigenvalue weighted by Crippen LogP contribution is -2.27. The lowest BCUT2D eigenvalue weighted by atomic mass is 10.1. The number of nitrogens with one attached hydrogen (secondary N) is 2. The van der Waals surface area contributed by atoms with Crippen LogP contribution in [0.1, 0.15) is 40.4 Å². The fourth-order valence-electron chi connectivity index (χ4n) is 2.35. The van der Waals surface area contributed by atoms with Crippen LogP contribution in [-0.2, 0) is 0 Å². The van der Waals surface area contributed by atoms with Gasteiger partial charge in [-0.05, 0) is 45.0 Å². The van der Waals surface area contributed by atoms with Crippen LogP contribution in [0.5, 0.6) is 0 Å². The summed E-state index contributed by atoms with van der Waals surface area (Å²) in [6.07, 6.45) is 0. The maximum Gasteiger partial charge on any atom is 0.253 e. The predicted octanol–water partition coefficient (Wildman–Crippen LogP) is 4.08. The van der Waals surface area contributed by atoms with Crippen molar-refractivity contribution in [2.45, 2.75) is 26.8 Å². The van der Waals surface area contributed by atoms with Gasteiger partial charge in [0.25, 0.3) is 5.91 Å². The van der Waals surface area contributed by atoms with E-state index in [0.29, 0.717) is 10.6 Å². The van der Waals surface area contributed by atoms with Gasteiger partial charge in [0.05, 0.1) is 11.6 Å². The first-order chi connectivity index (χ1) is 9.92. The van der Waals surface area contributed by atoms with Crippen LogP contribution in [0, 0.1) is 13.8 Å². The summed E-state index contributed by atoms with van der Waals surface area (Å²) in [6, 6.07) is 6.99. The molecule has 0 aliphatic rings. The van der Waals surface area contributed by atoms with E-state index in [1.165, 1.54) is 0 Å². The van der Waals surface area contributed by atoms with Crippen LogP contribution in [0.15, 0.2) is 28.7 Å². The van der Waals surface area contributed by atoms with Crippen molar-refractivity contribution in [3.05, 3.63) is 51.9 Å². The van der Waals surface area contributed by atoms with Crippen molar-refractivity contribution < 1.29 is 9.21 Å². The number of aryl methyl sites for hydroxylation is 2. The highest BCUT2D eigenvalue weighted by atomic mass is 35.5. The molecule has 1 aromatic carbocycles. The van der Waals surface area contributed by atoms with Gasteiger partial charge in [0, 0.05) is 23.3 Å². The van der Waals surface area contributed by atoms with Gasteiger partial charge in [-0.3, -0.25) is 4.79 Å². The van der Waals surface area contributed by atoms with E-state index < -0.39 is 0 Å². The minimum Gasteiger partial charge on any atom is -0.466 e. The van der Waals surface area contributed by atoms with Crippen LogP contribution in [0.4, 0.5) is 5.69 Å². The quantitative estimate of drug-likeness (QED) is 0.895. The Hall–Kier alpha value is -1.94. The summed E-state index contributed by atoms with van der Waals surface area (Å²) >= 11 is 5.98. The van der Waals surface area contributed by atoms with Crippen LogP contribution in [0.25, 0.3) is 0 Å². The maximum absolute atomic E-state index is 12.4. The van der Waals surface area contributed by atoms with Crippen molar-refractivity contribution in [3.63, 3.8) is 0 Å². The van der Waals surface area contributed by atoms with Crippen molar-refractivity contribution in [3.8, 4) is 0 Å². The van der Waals surface area contributed by atoms with Crippen LogP contribution in [0.2, 0.25) is 5.02 Å². The van der Waals surface area contributed by atoms with Gasteiger partial charge in [0.2, 0.25) is 0 Å². The number of furan rings is 1. The maximum atomic E-state index is 12.4. The van der Waals surface area contributed by atoms with Crippen LogP contribution in [-0.4, -0.2) is 13.0 Å². The van der Waals surface area contributed by atoms with Gasteiger partial charge >= 0.3 is 0 Å². The largest absolute Gasteiger partial charge is 0.466 e. The zero-order valence-corrected chi connectivity index (χ0v) is 13.3. The molecule has 0 radical (unpaired) electrons. The summed E-state index contributed by atoms with van der Waals surface area (Å²) in [5, 5.41) is 6.49. The summed E-state index contributed by atoms with van der Waals surface area (Å²) < 4.78 is 5.50. The van der Waals surface area contributed by atoms with E-state index in [1.54, 1.807) is 25.2 Å². The minimum absolute atomic E-state index is 0.140. The molecular formula is C16H19ClN2O2. The third kappa shape index (κ3) is 3.39. The molecule has 0 saturated carbocycles. The molecule has 0 aliphatic heterocycles. The average molecular weight is 307 g/mol. The number of rotatable bonds is 4.